The number of aryl methyl sites for hydroxylation is 1. The van der Waals surface area contributed by atoms with Gasteiger partial charge >= 0.3 is 0 Å². The van der Waals surface area contributed by atoms with Gasteiger partial charge in [-0.1, -0.05) is 0 Å². The molecule has 0 bridgehead atoms. The largest absolute Gasteiger partial charge is 0.381 e. The summed E-state index contributed by atoms with van der Waals surface area (Å²) in [5, 5.41) is 11.7. The average molecular weight is 253 g/mol. The number of nitrogens with zero attached hydrogens (tertiary/aromatic N) is 5. The molecule has 0 spiro atoms. The molecule has 1 aliphatic rings. The lowest BCUT2D eigenvalue weighted by atomic mass is 9.97. The molecule has 1 fully saturated rings. The Hall–Kier alpha value is -1.01. The summed E-state index contributed by atoms with van der Waals surface area (Å²) in [5.41, 5.74) is 0. The summed E-state index contributed by atoms with van der Waals surface area (Å²) >= 11 is 0. The lowest BCUT2D eigenvalue weighted by Crippen LogP contribution is -2.39. The van der Waals surface area contributed by atoms with E-state index in [1.165, 1.54) is 12.8 Å². The van der Waals surface area contributed by atoms with Gasteiger partial charge in [0.25, 0.3) is 0 Å². The van der Waals surface area contributed by atoms with Gasteiger partial charge in [0, 0.05) is 20.2 Å². The maximum Gasteiger partial charge on any atom is 0.167 e. The van der Waals surface area contributed by atoms with Gasteiger partial charge in [0.05, 0.1) is 12.6 Å². The third-order valence-corrected chi connectivity index (χ3v) is 3.68. The van der Waals surface area contributed by atoms with E-state index in [0.29, 0.717) is 5.92 Å². The summed E-state index contributed by atoms with van der Waals surface area (Å²) in [7, 11) is 1.90. The molecule has 102 valence electrons. The van der Waals surface area contributed by atoms with Gasteiger partial charge in [-0.2, -0.15) is 0 Å². The van der Waals surface area contributed by atoms with Crippen LogP contribution in [0, 0.1) is 5.92 Å². The van der Waals surface area contributed by atoms with E-state index in [9.17, 15) is 0 Å². The molecule has 2 heterocycles. The van der Waals surface area contributed by atoms with Crippen molar-refractivity contribution < 1.29 is 4.74 Å². The Bertz CT molecular complexity index is 367. The Kier molecular flexibility index (Phi) is 4.66. The molecule has 2 unspecified atom stereocenters. The molecule has 2 rings (SSSR count). The number of rotatable bonds is 5. The zero-order chi connectivity index (χ0) is 13.0. The minimum atomic E-state index is 0.273. The second-order valence-electron chi connectivity index (χ2n) is 5.00. The normalized spacial score (nSPS) is 23.2. The van der Waals surface area contributed by atoms with Gasteiger partial charge in [-0.05, 0) is 49.6 Å². The van der Waals surface area contributed by atoms with Crippen LogP contribution in [-0.2, 0) is 11.8 Å². The summed E-state index contributed by atoms with van der Waals surface area (Å²) < 4.78 is 7.30. The summed E-state index contributed by atoms with van der Waals surface area (Å²) in [6.45, 7) is 8.10. The van der Waals surface area contributed by atoms with E-state index in [1.54, 1.807) is 4.68 Å². The molecule has 0 saturated carbocycles. The first-order valence-electron chi connectivity index (χ1n) is 6.76. The predicted octanol–water partition coefficient (Wildman–Crippen LogP) is 1.02. The van der Waals surface area contributed by atoms with Crippen LogP contribution in [0.1, 0.15) is 38.6 Å². The molecule has 1 aliphatic heterocycles. The summed E-state index contributed by atoms with van der Waals surface area (Å²) in [5.74, 6) is 1.58. The van der Waals surface area contributed by atoms with Crippen molar-refractivity contribution in [3.05, 3.63) is 5.82 Å². The van der Waals surface area contributed by atoms with Crippen molar-refractivity contribution in [1.29, 1.82) is 0 Å². The highest BCUT2D eigenvalue weighted by Gasteiger charge is 2.26. The first kappa shape index (κ1) is 13.4. The smallest absolute Gasteiger partial charge is 0.167 e. The minimum absolute atomic E-state index is 0.273. The van der Waals surface area contributed by atoms with Crippen molar-refractivity contribution in [2.75, 3.05) is 26.3 Å². The fourth-order valence-electron chi connectivity index (χ4n) is 2.62. The molecule has 1 aromatic rings. The van der Waals surface area contributed by atoms with Gasteiger partial charge in [0.1, 0.15) is 0 Å². The fraction of sp³-hybridized carbons (Fsp3) is 0.917. The molecule has 18 heavy (non-hydrogen) atoms. The van der Waals surface area contributed by atoms with Crippen molar-refractivity contribution >= 4 is 0 Å². The monoisotopic (exact) mass is 253 g/mol. The van der Waals surface area contributed by atoms with Crippen LogP contribution < -0.4 is 0 Å². The standard InChI is InChI=1S/C12H23N5O/c1-4-18-9-11-6-5-7-17(8-11)10(2)12-13-14-15-16(12)3/h10-11H,4-9H2,1-3H3. The zero-order valence-electron chi connectivity index (χ0n) is 11.5. The number of tetrazole rings is 1. The Morgan fingerprint density at radius 3 is 3.00 bits per heavy atom. The van der Waals surface area contributed by atoms with E-state index in [0.717, 1.165) is 32.1 Å². The summed E-state index contributed by atoms with van der Waals surface area (Å²) in [6, 6.07) is 0.273. The molecule has 2 atom stereocenters. The molecule has 0 radical (unpaired) electrons. The van der Waals surface area contributed by atoms with Gasteiger partial charge in [-0.25, -0.2) is 4.68 Å². The quantitative estimate of drug-likeness (QED) is 0.784. The van der Waals surface area contributed by atoms with Crippen LogP contribution in [0.5, 0.6) is 0 Å². The van der Waals surface area contributed by atoms with Crippen LogP contribution in [0.15, 0.2) is 0 Å². The molecule has 0 amide bonds. The minimum Gasteiger partial charge on any atom is -0.381 e. The van der Waals surface area contributed by atoms with Crippen molar-refractivity contribution in [2.45, 2.75) is 32.7 Å². The lowest BCUT2D eigenvalue weighted by Gasteiger charge is -2.35. The SMILES string of the molecule is CCOCC1CCCN(C(C)c2nnnn2C)C1. The van der Waals surface area contributed by atoms with Gasteiger partial charge in [-0.15, -0.1) is 5.10 Å². The van der Waals surface area contributed by atoms with Crippen molar-refractivity contribution in [2.24, 2.45) is 13.0 Å². The summed E-state index contributed by atoms with van der Waals surface area (Å²) in [4.78, 5) is 2.46. The van der Waals surface area contributed by atoms with Crippen LogP contribution in [0.2, 0.25) is 0 Å². The number of likely N-dealkylation sites (tertiary alicyclic amines) is 1. The second kappa shape index (κ2) is 6.24. The van der Waals surface area contributed by atoms with E-state index < -0.39 is 0 Å². The third kappa shape index (κ3) is 3.05. The first-order chi connectivity index (χ1) is 8.72. The number of aromatic nitrogens is 4. The Morgan fingerprint density at radius 1 is 1.50 bits per heavy atom. The molecule has 0 aromatic carbocycles. The van der Waals surface area contributed by atoms with Crippen LogP contribution in [0.25, 0.3) is 0 Å². The number of hydrogen-bond donors (Lipinski definition) is 0. The molecule has 6 heteroatoms. The number of ether oxygens (including phenoxy) is 1. The maximum absolute atomic E-state index is 5.54. The van der Waals surface area contributed by atoms with Gasteiger partial charge in [-0.3, -0.25) is 4.90 Å². The third-order valence-electron chi connectivity index (χ3n) is 3.68. The van der Waals surface area contributed by atoms with E-state index in [2.05, 4.69) is 34.3 Å². The highest BCUT2D eigenvalue weighted by molar-refractivity contribution is 4.91. The van der Waals surface area contributed by atoms with Crippen LogP contribution in [0.3, 0.4) is 0 Å². The van der Waals surface area contributed by atoms with Crippen LogP contribution in [0.4, 0.5) is 0 Å². The Morgan fingerprint density at radius 2 is 2.33 bits per heavy atom. The van der Waals surface area contributed by atoms with Crippen molar-refractivity contribution in [3.8, 4) is 0 Å². The van der Waals surface area contributed by atoms with Gasteiger partial charge < -0.3 is 4.74 Å². The van der Waals surface area contributed by atoms with Crippen molar-refractivity contribution in [3.63, 3.8) is 0 Å². The van der Waals surface area contributed by atoms with Crippen LogP contribution >= 0.6 is 0 Å². The molecular formula is C12H23N5O. The molecule has 1 aromatic heterocycles. The highest BCUT2D eigenvalue weighted by atomic mass is 16.5. The van der Waals surface area contributed by atoms with E-state index >= 15 is 0 Å². The zero-order valence-corrected chi connectivity index (χ0v) is 11.5. The van der Waals surface area contributed by atoms with Gasteiger partial charge in [0.15, 0.2) is 5.82 Å². The van der Waals surface area contributed by atoms with E-state index in [1.807, 2.05) is 7.05 Å². The second-order valence-corrected chi connectivity index (χ2v) is 5.00. The number of hydrogen-bond acceptors (Lipinski definition) is 5. The molecule has 0 N–H and O–H groups in total. The fourth-order valence-corrected chi connectivity index (χ4v) is 2.62. The lowest BCUT2D eigenvalue weighted by molar-refractivity contribution is 0.0516. The molecular weight excluding hydrogens is 230 g/mol. The van der Waals surface area contributed by atoms with E-state index in [-0.39, 0.29) is 6.04 Å². The molecule has 1 saturated heterocycles. The van der Waals surface area contributed by atoms with Crippen LogP contribution in [-0.4, -0.2) is 51.4 Å². The average Bonchev–Trinajstić information content (AvgIpc) is 2.82. The van der Waals surface area contributed by atoms with E-state index in [4.69, 9.17) is 4.74 Å². The topological polar surface area (TPSA) is 56.1 Å². The Balaban J connectivity index is 1.94. The predicted molar refractivity (Wildman–Crippen MR) is 68.0 cm³/mol. The highest BCUT2D eigenvalue weighted by Crippen LogP contribution is 2.25. The Labute approximate surface area is 108 Å². The van der Waals surface area contributed by atoms with Gasteiger partial charge in [0.2, 0.25) is 0 Å². The maximum atomic E-state index is 5.54. The first-order valence-corrected chi connectivity index (χ1v) is 6.76. The van der Waals surface area contributed by atoms with Crippen molar-refractivity contribution in [1.82, 2.24) is 25.1 Å². The molecule has 0 aliphatic carbocycles. The summed E-state index contributed by atoms with van der Waals surface area (Å²) in [6.07, 6.45) is 2.49. The molecule has 6 nitrogen and oxygen atoms in total. The number of piperidine rings is 1.